The normalized spacial score (nSPS) is 16.4. The first kappa shape index (κ1) is 21.1. The van der Waals surface area contributed by atoms with Gasteiger partial charge >= 0.3 is 0 Å². The van der Waals surface area contributed by atoms with E-state index >= 15 is 0 Å². The second-order valence-electron chi connectivity index (χ2n) is 7.71. The van der Waals surface area contributed by atoms with E-state index in [-0.39, 0.29) is 17.9 Å². The number of fused-ring (bicyclic) bond motifs is 1. The van der Waals surface area contributed by atoms with Crippen LogP contribution < -0.4 is 4.74 Å². The van der Waals surface area contributed by atoms with Gasteiger partial charge in [0.05, 0.1) is 12.1 Å². The SMILES string of the molecule is C=CC1(Oc2ccnc(CO)n2)CCN(Cc2nc3c(F)cc(C(C)=O)cc3[nH]2)CC1. The van der Waals surface area contributed by atoms with Crippen LogP contribution >= 0.6 is 0 Å². The molecule has 3 heterocycles. The summed E-state index contributed by atoms with van der Waals surface area (Å²) in [4.78, 5) is 29.4. The van der Waals surface area contributed by atoms with Crippen molar-refractivity contribution in [2.75, 3.05) is 13.1 Å². The number of H-pyrrole nitrogens is 1. The molecule has 1 fully saturated rings. The van der Waals surface area contributed by atoms with Crippen LogP contribution in [0.2, 0.25) is 0 Å². The number of carbonyl (C=O) groups is 1. The van der Waals surface area contributed by atoms with Crippen LogP contribution in [-0.2, 0) is 13.2 Å². The maximum Gasteiger partial charge on any atom is 0.217 e. The number of hydrogen-bond acceptors (Lipinski definition) is 7. The van der Waals surface area contributed by atoms with Crippen LogP contribution in [0.5, 0.6) is 5.88 Å². The summed E-state index contributed by atoms with van der Waals surface area (Å²) in [5, 5.41) is 9.22. The van der Waals surface area contributed by atoms with Crippen molar-refractivity contribution in [3.05, 3.63) is 60.1 Å². The summed E-state index contributed by atoms with van der Waals surface area (Å²) < 4.78 is 20.4. The summed E-state index contributed by atoms with van der Waals surface area (Å²) in [5.74, 6) is 0.657. The van der Waals surface area contributed by atoms with Gasteiger partial charge in [0.2, 0.25) is 5.88 Å². The first-order valence-electron chi connectivity index (χ1n) is 10.1. The van der Waals surface area contributed by atoms with Gasteiger partial charge in [0.15, 0.2) is 17.4 Å². The first-order valence-corrected chi connectivity index (χ1v) is 10.1. The van der Waals surface area contributed by atoms with Gasteiger partial charge in [-0.1, -0.05) is 6.58 Å². The largest absolute Gasteiger partial charge is 0.467 e. The molecule has 3 aromatic rings. The Morgan fingerprint density at radius 1 is 1.39 bits per heavy atom. The number of halogens is 1. The monoisotopic (exact) mass is 425 g/mol. The van der Waals surface area contributed by atoms with Crippen LogP contribution in [-0.4, -0.2) is 54.4 Å². The standard InChI is InChI=1S/C22H24FN5O3/c1-3-22(31-20-4-7-24-19(13-29)26-20)5-8-28(9-6-22)12-18-25-17-11-15(14(2)30)10-16(23)21(17)27-18/h3-4,7,10-11,29H,1,5-6,8-9,12-13H2,2H3,(H,25,27). The number of aromatic amines is 1. The van der Waals surface area contributed by atoms with Crippen molar-refractivity contribution in [2.24, 2.45) is 0 Å². The van der Waals surface area contributed by atoms with Gasteiger partial charge in [0, 0.05) is 43.8 Å². The molecule has 0 saturated carbocycles. The first-order chi connectivity index (χ1) is 14.9. The number of carbonyl (C=O) groups excluding carboxylic acids is 1. The molecule has 9 heteroatoms. The molecule has 2 N–H and O–H groups in total. The molecule has 2 aromatic heterocycles. The lowest BCUT2D eigenvalue weighted by atomic mass is 9.91. The molecule has 0 amide bonds. The van der Waals surface area contributed by atoms with E-state index in [1.54, 1.807) is 24.4 Å². The quantitative estimate of drug-likeness (QED) is 0.443. The molecule has 0 aliphatic carbocycles. The molecule has 1 saturated heterocycles. The lowest BCUT2D eigenvalue weighted by Gasteiger charge is -2.39. The second kappa shape index (κ2) is 8.52. The highest BCUT2D eigenvalue weighted by Gasteiger charge is 2.34. The average Bonchev–Trinajstić information content (AvgIpc) is 3.18. The third kappa shape index (κ3) is 4.47. The fraction of sp³-hybridized carbons (Fsp3) is 0.364. The molecule has 0 radical (unpaired) electrons. The predicted molar refractivity (Wildman–Crippen MR) is 112 cm³/mol. The van der Waals surface area contributed by atoms with Gasteiger partial charge in [-0.2, -0.15) is 4.98 Å². The van der Waals surface area contributed by atoms with Crippen molar-refractivity contribution >= 4 is 16.8 Å². The molecular formula is C22H24FN5O3. The Hall–Kier alpha value is -3.17. The molecule has 0 spiro atoms. The van der Waals surface area contributed by atoms with Gasteiger partial charge in [-0.15, -0.1) is 0 Å². The van der Waals surface area contributed by atoms with Gasteiger partial charge in [0.25, 0.3) is 0 Å². The number of Topliss-reactive ketones (excluding diaryl/α,β-unsaturated/α-hetero) is 1. The van der Waals surface area contributed by atoms with E-state index in [1.165, 1.54) is 13.0 Å². The number of likely N-dealkylation sites (tertiary alicyclic amines) is 1. The molecule has 0 atom stereocenters. The summed E-state index contributed by atoms with van der Waals surface area (Å²) in [7, 11) is 0. The highest BCUT2D eigenvalue weighted by molar-refractivity contribution is 5.97. The smallest absolute Gasteiger partial charge is 0.217 e. The summed E-state index contributed by atoms with van der Waals surface area (Å²) in [6.45, 7) is 7.07. The predicted octanol–water partition coefficient (Wildman–Crippen LogP) is 2.79. The Kier molecular flexibility index (Phi) is 5.79. The van der Waals surface area contributed by atoms with Crippen LogP contribution in [0, 0.1) is 5.82 Å². The van der Waals surface area contributed by atoms with Crippen molar-refractivity contribution in [3.63, 3.8) is 0 Å². The number of piperidine rings is 1. The van der Waals surface area contributed by atoms with Gasteiger partial charge in [-0.05, 0) is 25.1 Å². The van der Waals surface area contributed by atoms with E-state index < -0.39 is 11.4 Å². The van der Waals surface area contributed by atoms with Gasteiger partial charge in [-0.25, -0.2) is 14.4 Å². The maximum atomic E-state index is 14.3. The zero-order valence-electron chi connectivity index (χ0n) is 17.3. The number of nitrogens with zero attached hydrogens (tertiary/aromatic N) is 4. The molecule has 0 bridgehead atoms. The molecule has 31 heavy (non-hydrogen) atoms. The summed E-state index contributed by atoms with van der Waals surface area (Å²) >= 11 is 0. The van der Waals surface area contributed by atoms with E-state index in [2.05, 4.69) is 31.4 Å². The zero-order chi connectivity index (χ0) is 22.0. The van der Waals surface area contributed by atoms with Crippen LogP contribution in [0.3, 0.4) is 0 Å². The minimum absolute atomic E-state index is 0.191. The molecule has 0 unspecified atom stereocenters. The number of aliphatic hydroxyl groups excluding tert-OH is 1. The van der Waals surface area contributed by atoms with Crippen molar-refractivity contribution in [1.82, 2.24) is 24.8 Å². The van der Waals surface area contributed by atoms with Crippen LogP contribution in [0.4, 0.5) is 4.39 Å². The Balaban J connectivity index is 1.44. The summed E-state index contributed by atoms with van der Waals surface area (Å²) in [5.41, 5.74) is 0.516. The fourth-order valence-corrected chi connectivity index (χ4v) is 3.78. The van der Waals surface area contributed by atoms with Crippen molar-refractivity contribution < 1.29 is 19.0 Å². The Morgan fingerprint density at radius 3 is 2.84 bits per heavy atom. The van der Waals surface area contributed by atoms with E-state index in [0.29, 0.717) is 48.0 Å². The molecule has 4 rings (SSSR count). The maximum absolute atomic E-state index is 14.3. The fourth-order valence-electron chi connectivity index (χ4n) is 3.78. The van der Waals surface area contributed by atoms with Gasteiger partial charge in [-0.3, -0.25) is 9.69 Å². The Morgan fingerprint density at radius 2 is 2.16 bits per heavy atom. The number of imidazole rings is 1. The van der Waals surface area contributed by atoms with Crippen LogP contribution in [0.25, 0.3) is 11.0 Å². The molecule has 8 nitrogen and oxygen atoms in total. The Labute approximate surface area is 178 Å². The van der Waals surface area contributed by atoms with Crippen molar-refractivity contribution in [2.45, 2.75) is 38.5 Å². The number of aliphatic hydroxyl groups is 1. The highest BCUT2D eigenvalue weighted by Crippen LogP contribution is 2.30. The van der Waals surface area contributed by atoms with E-state index in [0.717, 1.165) is 13.1 Å². The van der Waals surface area contributed by atoms with E-state index in [9.17, 15) is 14.3 Å². The average molecular weight is 425 g/mol. The lowest BCUT2D eigenvalue weighted by molar-refractivity contribution is 0.0332. The number of nitrogens with one attached hydrogen (secondary N) is 1. The third-order valence-corrected chi connectivity index (χ3v) is 5.57. The number of ether oxygens (including phenoxy) is 1. The van der Waals surface area contributed by atoms with Gasteiger partial charge in [0.1, 0.15) is 23.5 Å². The summed E-state index contributed by atoms with van der Waals surface area (Å²) in [6, 6.07) is 4.52. The topological polar surface area (TPSA) is 104 Å². The van der Waals surface area contributed by atoms with E-state index in [4.69, 9.17) is 4.74 Å². The number of hydrogen-bond donors (Lipinski definition) is 2. The minimum atomic E-state index is -0.562. The number of rotatable bonds is 7. The Bertz CT molecular complexity index is 1120. The molecule has 162 valence electrons. The minimum Gasteiger partial charge on any atom is -0.467 e. The number of aromatic nitrogens is 4. The van der Waals surface area contributed by atoms with Crippen LogP contribution in [0.15, 0.2) is 37.1 Å². The second-order valence-corrected chi connectivity index (χ2v) is 7.71. The zero-order valence-corrected chi connectivity index (χ0v) is 17.3. The van der Waals surface area contributed by atoms with E-state index in [1.807, 2.05) is 0 Å². The highest BCUT2D eigenvalue weighted by atomic mass is 19.1. The third-order valence-electron chi connectivity index (χ3n) is 5.57. The van der Waals surface area contributed by atoms with Crippen LogP contribution in [0.1, 0.15) is 41.8 Å². The number of ketones is 1. The molecule has 1 aromatic carbocycles. The summed E-state index contributed by atoms with van der Waals surface area (Å²) in [6.07, 6.45) is 4.74. The van der Waals surface area contributed by atoms with Crippen molar-refractivity contribution in [3.8, 4) is 5.88 Å². The van der Waals surface area contributed by atoms with Gasteiger partial charge < -0.3 is 14.8 Å². The molecular weight excluding hydrogens is 401 g/mol. The molecule has 1 aliphatic rings. The molecule has 1 aliphatic heterocycles. The number of benzene rings is 1. The lowest BCUT2D eigenvalue weighted by Crippen LogP contribution is -2.46. The van der Waals surface area contributed by atoms with Crippen molar-refractivity contribution in [1.29, 1.82) is 0 Å².